The van der Waals surface area contributed by atoms with Crippen molar-refractivity contribution in [3.63, 3.8) is 0 Å². The summed E-state index contributed by atoms with van der Waals surface area (Å²) >= 11 is 6.61. The normalized spacial score (nSPS) is 9.75. The van der Waals surface area contributed by atoms with E-state index in [-0.39, 0.29) is 0 Å². The van der Waals surface area contributed by atoms with Gasteiger partial charge in [0.25, 0.3) is 0 Å². The number of ether oxygens (including phenoxy) is 1. The summed E-state index contributed by atoms with van der Waals surface area (Å²) in [5, 5.41) is 0. The van der Waals surface area contributed by atoms with Crippen molar-refractivity contribution in [2.75, 3.05) is 0 Å². The van der Waals surface area contributed by atoms with Crippen LogP contribution in [0.4, 0.5) is 0 Å². The van der Waals surface area contributed by atoms with Gasteiger partial charge in [-0.2, -0.15) is 0 Å². The van der Waals surface area contributed by atoms with Crippen LogP contribution in [0.15, 0.2) is 65.6 Å². The molecule has 0 aromatic heterocycles. The minimum atomic E-state index is 0.511. The van der Waals surface area contributed by atoms with Crippen molar-refractivity contribution in [2.45, 2.75) is 4.90 Å². The summed E-state index contributed by atoms with van der Waals surface area (Å²) in [6, 6.07) is 19.5. The van der Waals surface area contributed by atoms with Crippen molar-refractivity contribution in [3.8, 4) is 5.75 Å². The molecule has 16 heavy (non-hydrogen) atoms. The largest absolute Gasteiger partial charge is 0.439 e. The van der Waals surface area contributed by atoms with E-state index in [0.717, 1.165) is 10.6 Å². The summed E-state index contributed by atoms with van der Waals surface area (Å²) < 4.78 is 6.02. The van der Waals surface area contributed by atoms with Gasteiger partial charge in [-0.25, -0.2) is 0 Å². The molecule has 0 heterocycles. The molecule has 0 amide bonds. The molecule has 0 aliphatic rings. The van der Waals surface area contributed by atoms with Gasteiger partial charge in [0.15, 0.2) is 0 Å². The second-order valence-corrected chi connectivity index (χ2v) is 4.76. The maximum Gasteiger partial charge on any atom is 0.230 e. The lowest BCUT2D eigenvalue weighted by Crippen LogP contribution is -1.99. The Bertz CT molecular complexity index is 410. The van der Waals surface area contributed by atoms with Gasteiger partial charge in [0.05, 0.1) is 0 Å². The van der Waals surface area contributed by atoms with Crippen LogP contribution < -0.4 is 4.74 Å². The Morgan fingerprint density at radius 3 is 2.06 bits per heavy atom. The van der Waals surface area contributed by atoms with E-state index < -0.39 is 0 Å². The molecule has 2 rings (SSSR count). The van der Waals surface area contributed by atoms with Crippen LogP contribution in [-0.2, 0) is 0 Å². The highest BCUT2D eigenvalue weighted by Gasteiger charge is 2.02. The highest BCUT2D eigenvalue weighted by Crippen LogP contribution is 2.21. The zero-order valence-corrected chi connectivity index (χ0v) is 10.1. The molecule has 2 aromatic rings. The van der Waals surface area contributed by atoms with Crippen molar-refractivity contribution < 1.29 is 4.74 Å². The average Bonchev–Trinajstić information content (AvgIpc) is 2.31. The Hall–Kier alpha value is -1.32. The summed E-state index contributed by atoms with van der Waals surface area (Å²) in [5.41, 5.74) is 0. The minimum absolute atomic E-state index is 0.511. The first-order valence-electron chi connectivity index (χ1n) is 4.84. The molecule has 0 bridgehead atoms. The Morgan fingerprint density at radius 2 is 1.44 bits per heavy atom. The number of benzene rings is 2. The van der Waals surface area contributed by atoms with Crippen molar-refractivity contribution in [1.29, 1.82) is 0 Å². The molecule has 0 N–H and O–H groups in total. The molecule has 0 saturated carbocycles. The Labute approximate surface area is 104 Å². The number of thiocarbonyl (C=S) groups is 1. The van der Waals surface area contributed by atoms with Gasteiger partial charge in [-0.1, -0.05) is 36.4 Å². The number of para-hydroxylation sites is 1. The fourth-order valence-electron chi connectivity index (χ4n) is 1.19. The first-order valence-corrected chi connectivity index (χ1v) is 6.07. The second kappa shape index (κ2) is 5.68. The van der Waals surface area contributed by atoms with Crippen molar-refractivity contribution >= 4 is 28.4 Å². The summed E-state index contributed by atoms with van der Waals surface area (Å²) in [4.78, 5) is 1.09. The number of hydrogen-bond acceptors (Lipinski definition) is 3. The van der Waals surface area contributed by atoms with Gasteiger partial charge < -0.3 is 4.74 Å². The Morgan fingerprint density at radius 1 is 0.875 bits per heavy atom. The summed E-state index contributed by atoms with van der Waals surface area (Å²) in [5.74, 6) is 0.774. The van der Waals surface area contributed by atoms with E-state index in [1.807, 2.05) is 60.7 Å². The van der Waals surface area contributed by atoms with Gasteiger partial charge in [-0.05, 0) is 48.2 Å². The molecule has 0 radical (unpaired) electrons. The lowest BCUT2D eigenvalue weighted by atomic mass is 10.3. The highest BCUT2D eigenvalue weighted by molar-refractivity contribution is 8.22. The van der Waals surface area contributed by atoms with Crippen molar-refractivity contribution in [2.24, 2.45) is 0 Å². The second-order valence-electron chi connectivity index (χ2n) is 3.08. The lowest BCUT2D eigenvalue weighted by molar-refractivity contribution is 0.579. The molecule has 0 aliphatic carbocycles. The quantitative estimate of drug-likeness (QED) is 0.582. The summed E-state index contributed by atoms with van der Waals surface area (Å²) in [6.45, 7) is 0. The molecule has 80 valence electrons. The third kappa shape index (κ3) is 3.36. The van der Waals surface area contributed by atoms with E-state index in [1.54, 1.807) is 0 Å². The van der Waals surface area contributed by atoms with E-state index >= 15 is 0 Å². The van der Waals surface area contributed by atoms with E-state index in [0.29, 0.717) is 4.38 Å². The Balaban J connectivity index is 1.95. The van der Waals surface area contributed by atoms with Crippen molar-refractivity contribution in [3.05, 3.63) is 60.7 Å². The summed E-state index contributed by atoms with van der Waals surface area (Å²) in [6.07, 6.45) is 0. The van der Waals surface area contributed by atoms with Crippen LogP contribution in [0.1, 0.15) is 0 Å². The molecule has 0 atom stereocenters. The predicted molar refractivity (Wildman–Crippen MR) is 72.0 cm³/mol. The first kappa shape index (κ1) is 11.2. The van der Waals surface area contributed by atoms with Crippen molar-refractivity contribution in [1.82, 2.24) is 0 Å². The third-order valence-corrected chi connectivity index (χ3v) is 2.98. The van der Waals surface area contributed by atoms with Gasteiger partial charge in [-0.3, -0.25) is 0 Å². The average molecular weight is 246 g/mol. The predicted octanol–water partition coefficient (Wildman–Crippen LogP) is 4.14. The molecule has 3 heteroatoms. The standard InChI is InChI=1S/C13H10OS2/c15-13(14-11-7-3-1-4-8-11)16-12-9-5-2-6-10-12/h1-10H. The van der Waals surface area contributed by atoms with Gasteiger partial charge in [0.2, 0.25) is 4.38 Å². The van der Waals surface area contributed by atoms with E-state index in [9.17, 15) is 0 Å². The van der Waals surface area contributed by atoms with Gasteiger partial charge in [0, 0.05) is 4.90 Å². The van der Waals surface area contributed by atoms with Crippen LogP contribution in [0.2, 0.25) is 0 Å². The molecule has 0 fully saturated rings. The van der Waals surface area contributed by atoms with Crippen LogP contribution in [0.5, 0.6) is 5.75 Å². The van der Waals surface area contributed by atoms with Gasteiger partial charge in [-0.15, -0.1) is 0 Å². The molecule has 1 nitrogen and oxygen atoms in total. The van der Waals surface area contributed by atoms with Crippen LogP contribution in [0.3, 0.4) is 0 Å². The lowest BCUT2D eigenvalue weighted by Gasteiger charge is -2.05. The number of rotatable bonds is 2. The van der Waals surface area contributed by atoms with E-state index in [1.165, 1.54) is 11.8 Å². The zero-order valence-electron chi connectivity index (χ0n) is 8.50. The Kier molecular flexibility index (Phi) is 3.97. The van der Waals surface area contributed by atoms with Gasteiger partial charge >= 0.3 is 0 Å². The molecule has 0 saturated heterocycles. The SMILES string of the molecule is S=C(Oc1ccccc1)Sc1ccccc1. The molecular formula is C13H10OS2. The smallest absolute Gasteiger partial charge is 0.230 e. The zero-order chi connectivity index (χ0) is 11.2. The highest BCUT2D eigenvalue weighted by atomic mass is 32.2. The fraction of sp³-hybridized carbons (Fsp3) is 0. The maximum absolute atomic E-state index is 5.51. The van der Waals surface area contributed by atoms with Crippen LogP contribution in [0.25, 0.3) is 0 Å². The summed E-state index contributed by atoms with van der Waals surface area (Å²) in [7, 11) is 0. The molecule has 0 unspecified atom stereocenters. The van der Waals surface area contributed by atoms with Crippen LogP contribution >= 0.6 is 24.0 Å². The molecule has 2 aromatic carbocycles. The topological polar surface area (TPSA) is 9.23 Å². The van der Waals surface area contributed by atoms with E-state index in [2.05, 4.69) is 0 Å². The fourth-order valence-corrected chi connectivity index (χ4v) is 2.20. The minimum Gasteiger partial charge on any atom is -0.439 e. The molecule has 0 spiro atoms. The first-order chi connectivity index (χ1) is 7.84. The monoisotopic (exact) mass is 246 g/mol. The van der Waals surface area contributed by atoms with E-state index in [4.69, 9.17) is 17.0 Å². The van der Waals surface area contributed by atoms with Gasteiger partial charge in [0.1, 0.15) is 5.75 Å². The number of thioether (sulfide) groups is 1. The maximum atomic E-state index is 5.51. The van der Waals surface area contributed by atoms with Crippen LogP contribution in [0, 0.1) is 0 Å². The van der Waals surface area contributed by atoms with Crippen LogP contribution in [-0.4, -0.2) is 4.38 Å². The molecule has 0 aliphatic heterocycles. The third-order valence-electron chi connectivity index (χ3n) is 1.89. The number of hydrogen-bond donors (Lipinski definition) is 0. The molecular weight excluding hydrogens is 236 g/mol.